The molecule has 1 aromatic heterocycles. The molecule has 2 aromatic carbocycles. The summed E-state index contributed by atoms with van der Waals surface area (Å²) in [5.74, 6) is -0.0483. The molecule has 0 aliphatic heterocycles. The second-order valence-corrected chi connectivity index (χ2v) is 5.36. The minimum Gasteiger partial charge on any atom is -0.452 e. The molecule has 0 bridgehead atoms. The van der Waals surface area contributed by atoms with Gasteiger partial charge in [0.15, 0.2) is 6.61 Å². The third kappa shape index (κ3) is 3.52. The topological polar surface area (TPSA) is 65.2 Å². The molecule has 3 aromatic rings. The average molecular weight is 349 g/mol. The van der Waals surface area contributed by atoms with Crippen molar-refractivity contribution in [1.29, 1.82) is 0 Å². The van der Waals surface area contributed by atoms with Crippen molar-refractivity contribution in [2.24, 2.45) is 0 Å². The number of ether oxygens (including phenoxy) is 1. The molecule has 1 heterocycles. The largest absolute Gasteiger partial charge is 0.452 e. The van der Waals surface area contributed by atoms with Gasteiger partial charge in [-0.3, -0.25) is 0 Å². The summed E-state index contributed by atoms with van der Waals surface area (Å²) in [4.78, 5) is 16.2. The average Bonchev–Trinajstić information content (AvgIpc) is 3.02. The molecule has 0 spiro atoms. The van der Waals surface area contributed by atoms with Gasteiger partial charge in [-0.05, 0) is 12.1 Å². The molecule has 0 fully saturated rings. The fourth-order valence-corrected chi connectivity index (χ4v) is 2.46. The number of carbonyl (C=O) groups excluding carboxylic acids is 1. The van der Waals surface area contributed by atoms with Crippen molar-refractivity contribution in [3.8, 4) is 11.4 Å². The molecular formula is C16H10Cl2N2O3. The molecule has 0 aliphatic rings. The maximum Gasteiger partial charge on any atom is 0.341 e. The Morgan fingerprint density at radius 2 is 1.74 bits per heavy atom. The number of carbonyl (C=O) groups is 1. The molecule has 23 heavy (non-hydrogen) atoms. The molecule has 0 aliphatic carbocycles. The van der Waals surface area contributed by atoms with E-state index in [0.29, 0.717) is 5.82 Å². The fourth-order valence-electron chi connectivity index (χ4n) is 1.91. The molecule has 5 nitrogen and oxygen atoms in total. The van der Waals surface area contributed by atoms with E-state index in [2.05, 4.69) is 10.1 Å². The second kappa shape index (κ2) is 6.81. The minimum atomic E-state index is -0.653. The van der Waals surface area contributed by atoms with Crippen LogP contribution in [-0.2, 0) is 11.3 Å². The minimum absolute atomic E-state index is 0.110. The molecule has 0 amide bonds. The first kappa shape index (κ1) is 15.5. The molecule has 0 radical (unpaired) electrons. The van der Waals surface area contributed by atoms with Gasteiger partial charge in [0, 0.05) is 5.56 Å². The van der Waals surface area contributed by atoms with E-state index in [1.54, 1.807) is 18.2 Å². The van der Waals surface area contributed by atoms with Gasteiger partial charge in [-0.2, -0.15) is 4.98 Å². The number of rotatable bonds is 4. The summed E-state index contributed by atoms with van der Waals surface area (Å²) in [5.41, 5.74) is 0.918. The zero-order valence-electron chi connectivity index (χ0n) is 11.7. The van der Waals surface area contributed by atoms with Gasteiger partial charge >= 0.3 is 5.97 Å². The van der Waals surface area contributed by atoms with Crippen LogP contribution in [0.5, 0.6) is 0 Å². The quantitative estimate of drug-likeness (QED) is 0.653. The summed E-state index contributed by atoms with van der Waals surface area (Å²) in [6.07, 6.45) is 0. The zero-order chi connectivity index (χ0) is 16.2. The van der Waals surface area contributed by atoms with Crippen molar-refractivity contribution < 1.29 is 14.1 Å². The van der Waals surface area contributed by atoms with E-state index < -0.39 is 5.97 Å². The maximum absolute atomic E-state index is 12.1. The predicted molar refractivity (Wildman–Crippen MR) is 85.3 cm³/mol. The lowest BCUT2D eigenvalue weighted by atomic mass is 10.2. The second-order valence-electron chi connectivity index (χ2n) is 4.55. The van der Waals surface area contributed by atoms with Gasteiger partial charge in [0.05, 0.1) is 15.6 Å². The summed E-state index contributed by atoms with van der Waals surface area (Å²) in [6.45, 7) is -0.166. The SMILES string of the molecule is O=C(OCc1nc(-c2ccccc2)no1)c1c(Cl)cccc1Cl. The van der Waals surface area contributed by atoms with Crippen LogP contribution in [0.25, 0.3) is 11.4 Å². The summed E-state index contributed by atoms with van der Waals surface area (Å²) in [5, 5.41) is 4.28. The molecule has 0 atom stereocenters. The van der Waals surface area contributed by atoms with E-state index in [4.69, 9.17) is 32.5 Å². The Kier molecular flexibility index (Phi) is 4.60. The summed E-state index contributed by atoms with van der Waals surface area (Å²) in [6, 6.07) is 14.1. The number of nitrogens with zero attached hydrogens (tertiary/aromatic N) is 2. The van der Waals surface area contributed by atoms with Crippen molar-refractivity contribution in [2.75, 3.05) is 0 Å². The van der Waals surface area contributed by atoms with Crippen LogP contribution < -0.4 is 0 Å². The Labute approximate surface area is 141 Å². The summed E-state index contributed by atoms with van der Waals surface area (Å²) < 4.78 is 10.2. The number of halogens is 2. The van der Waals surface area contributed by atoms with Crippen LogP contribution in [0.3, 0.4) is 0 Å². The Balaban J connectivity index is 1.70. The van der Waals surface area contributed by atoms with Gasteiger partial charge < -0.3 is 9.26 Å². The fraction of sp³-hybridized carbons (Fsp3) is 0.0625. The van der Waals surface area contributed by atoms with E-state index in [1.807, 2.05) is 30.3 Å². The van der Waals surface area contributed by atoms with Crippen LogP contribution in [0.4, 0.5) is 0 Å². The van der Waals surface area contributed by atoms with Gasteiger partial charge in [-0.25, -0.2) is 4.79 Å². The number of hydrogen-bond acceptors (Lipinski definition) is 5. The first-order valence-electron chi connectivity index (χ1n) is 6.64. The van der Waals surface area contributed by atoms with Crippen LogP contribution in [0.2, 0.25) is 10.0 Å². The standard InChI is InChI=1S/C16H10Cl2N2O3/c17-11-7-4-8-12(18)14(11)16(21)22-9-13-19-15(20-23-13)10-5-2-1-3-6-10/h1-8H,9H2. The van der Waals surface area contributed by atoms with Crippen LogP contribution in [0.15, 0.2) is 53.1 Å². The van der Waals surface area contributed by atoms with Crippen LogP contribution in [0.1, 0.15) is 16.2 Å². The highest BCUT2D eigenvalue weighted by Gasteiger charge is 2.17. The number of benzene rings is 2. The van der Waals surface area contributed by atoms with E-state index in [-0.39, 0.29) is 28.1 Å². The third-order valence-electron chi connectivity index (χ3n) is 2.99. The number of esters is 1. The number of hydrogen-bond donors (Lipinski definition) is 0. The predicted octanol–water partition coefficient (Wildman–Crippen LogP) is 4.40. The number of aromatic nitrogens is 2. The highest BCUT2D eigenvalue weighted by Crippen LogP contribution is 2.25. The van der Waals surface area contributed by atoms with Gasteiger partial charge in [-0.1, -0.05) is 64.8 Å². The van der Waals surface area contributed by atoms with Crippen molar-refractivity contribution in [3.05, 3.63) is 70.0 Å². The van der Waals surface area contributed by atoms with E-state index in [0.717, 1.165) is 5.56 Å². The Morgan fingerprint density at radius 3 is 2.43 bits per heavy atom. The highest BCUT2D eigenvalue weighted by molar-refractivity contribution is 6.39. The summed E-state index contributed by atoms with van der Waals surface area (Å²) >= 11 is 11.9. The van der Waals surface area contributed by atoms with Crippen molar-refractivity contribution >= 4 is 29.2 Å². The lowest BCUT2D eigenvalue weighted by Gasteiger charge is -2.05. The van der Waals surface area contributed by atoms with E-state index in [9.17, 15) is 4.79 Å². The summed E-state index contributed by atoms with van der Waals surface area (Å²) in [7, 11) is 0. The molecular weight excluding hydrogens is 339 g/mol. The van der Waals surface area contributed by atoms with Gasteiger partial charge in [0.2, 0.25) is 5.82 Å². The lowest BCUT2D eigenvalue weighted by molar-refractivity contribution is 0.0430. The van der Waals surface area contributed by atoms with E-state index in [1.165, 1.54) is 0 Å². The van der Waals surface area contributed by atoms with Gasteiger partial charge in [-0.15, -0.1) is 0 Å². The third-order valence-corrected chi connectivity index (χ3v) is 3.62. The normalized spacial score (nSPS) is 10.5. The Hall–Kier alpha value is -2.37. The molecule has 7 heteroatoms. The first-order chi connectivity index (χ1) is 11.1. The molecule has 3 rings (SSSR count). The van der Waals surface area contributed by atoms with Gasteiger partial charge in [0.1, 0.15) is 0 Å². The molecule has 0 saturated carbocycles. The van der Waals surface area contributed by atoms with Crippen molar-refractivity contribution in [1.82, 2.24) is 10.1 Å². The van der Waals surface area contributed by atoms with Gasteiger partial charge in [0.25, 0.3) is 5.89 Å². The van der Waals surface area contributed by atoms with E-state index >= 15 is 0 Å². The van der Waals surface area contributed by atoms with Crippen molar-refractivity contribution in [2.45, 2.75) is 6.61 Å². The van der Waals surface area contributed by atoms with Crippen LogP contribution >= 0.6 is 23.2 Å². The highest BCUT2D eigenvalue weighted by atomic mass is 35.5. The smallest absolute Gasteiger partial charge is 0.341 e. The van der Waals surface area contributed by atoms with Crippen LogP contribution in [-0.4, -0.2) is 16.1 Å². The Morgan fingerprint density at radius 1 is 1.04 bits per heavy atom. The first-order valence-corrected chi connectivity index (χ1v) is 7.40. The molecule has 0 saturated heterocycles. The monoisotopic (exact) mass is 348 g/mol. The van der Waals surface area contributed by atoms with Crippen LogP contribution in [0, 0.1) is 0 Å². The maximum atomic E-state index is 12.1. The van der Waals surface area contributed by atoms with Crippen molar-refractivity contribution in [3.63, 3.8) is 0 Å². The molecule has 0 unspecified atom stereocenters. The molecule has 0 N–H and O–H groups in total. The lowest BCUT2D eigenvalue weighted by Crippen LogP contribution is -2.07. The molecule has 116 valence electrons. The Bertz CT molecular complexity index is 814. The zero-order valence-corrected chi connectivity index (χ0v) is 13.2.